The maximum absolute atomic E-state index is 10.8. The van der Waals surface area contributed by atoms with Crippen LogP contribution in [0.5, 0.6) is 0 Å². The Hall–Kier alpha value is -1.31. The lowest BCUT2D eigenvalue weighted by Crippen LogP contribution is -2.12. The van der Waals surface area contributed by atoms with Gasteiger partial charge in [-0.15, -0.1) is 0 Å². The van der Waals surface area contributed by atoms with Crippen molar-refractivity contribution in [3.8, 4) is 0 Å². The van der Waals surface area contributed by atoms with Gasteiger partial charge in [0.1, 0.15) is 0 Å². The fourth-order valence-corrected chi connectivity index (χ4v) is 1.74. The lowest BCUT2D eigenvalue weighted by atomic mass is 9.85. The highest BCUT2D eigenvalue weighted by Gasteiger charge is 2.18. The van der Waals surface area contributed by atoms with E-state index >= 15 is 0 Å². The molecule has 0 spiro atoms. The fraction of sp³-hybridized carbons (Fsp3) is 0.462. The zero-order chi connectivity index (χ0) is 11.4. The largest absolute Gasteiger partial charge is 0.481 e. The Labute approximate surface area is 90.9 Å². The van der Waals surface area contributed by atoms with Crippen LogP contribution in [0.3, 0.4) is 0 Å². The van der Waals surface area contributed by atoms with Crippen molar-refractivity contribution in [3.05, 3.63) is 35.4 Å². The van der Waals surface area contributed by atoms with Crippen molar-refractivity contribution in [3.63, 3.8) is 0 Å². The highest BCUT2D eigenvalue weighted by atomic mass is 16.4. The molecule has 2 heteroatoms. The van der Waals surface area contributed by atoms with Gasteiger partial charge in [-0.05, 0) is 24.3 Å². The number of benzene rings is 1. The molecule has 0 aromatic heterocycles. The molecule has 1 rings (SSSR count). The molecule has 0 fully saturated rings. The van der Waals surface area contributed by atoms with Crippen LogP contribution < -0.4 is 0 Å². The second-order valence-corrected chi connectivity index (χ2v) is 4.36. The number of carboxylic acid groups (broad SMARTS) is 1. The summed E-state index contributed by atoms with van der Waals surface area (Å²) in [6, 6.07) is 8.13. The minimum Gasteiger partial charge on any atom is -0.481 e. The predicted octanol–water partition coefficient (Wildman–Crippen LogP) is 3.21. The van der Waals surface area contributed by atoms with Gasteiger partial charge in [0.25, 0.3) is 0 Å². The summed E-state index contributed by atoms with van der Waals surface area (Å²) >= 11 is 0. The van der Waals surface area contributed by atoms with E-state index in [9.17, 15) is 4.79 Å². The molecular weight excluding hydrogens is 188 g/mol. The van der Waals surface area contributed by atoms with Crippen LogP contribution in [0.4, 0.5) is 0 Å². The lowest BCUT2D eigenvalue weighted by molar-refractivity contribution is -0.137. The van der Waals surface area contributed by atoms with Gasteiger partial charge in [-0.2, -0.15) is 0 Å². The van der Waals surface area contributed by atoms with Crippen molar-refractivity contribution in [2.45, 2.75) is 33.1 Å². The molecule has 0 aliphatic rings. The molecule has 0 saturated carbocycles. The zero-order valence-corrected chi connectivity index (χ0v) is 9.53. The van der Waals surface area contributed by atoms with Gasteiger partial charge >= 0.3 is 5.97 Å². The second kappa shape index (κ2) is 4.96. The van der Waals surface area contributed by atoms with Gasteiger partial charge in [0, 0.05) is 0 Å². The van der Waals surface area contributed by atoms with E-state index in [1.54, 1.807) is 0 Å². The standard InChI is InChI=1S/C13H18O2/c1-9(2)12(8-13(14)15)11-6-4-10(3)5-7-11/h4-7,9,12H,8H2,1-3H3,(H,14,15)/t12-/m0/s1. The third-order valence-corrected chi connectivity index (χ3v) is 2.70. The maximum atomic E-state index is 10.8. The lowest BCUT2D eigenvalue weighted by Gasteiger charge is -2.19. The van der Waals surface area contributed by atoms with Gasteiger partial charge in [0.05, 0.1) is 6.42 Å². The Bertz CT molecular complexity index is 325. The number of carboxylic acids is 1. The van der Waals surface area contributed by atoms with Crippen LogP contribution in [-0.4, -0.2) is 11.1 Å². The van der Waals surface area contributed by atoms with E-state index in [4.69, 9.17) is 5.11 Å². The SMILES string of the molecule is Cc1ccc([C@@H](CC(=O)O)C(C)C)cc1. The van der Waals surface area contributed by atoms with Crippen LogP contribution in [0.25, 0.3) is 0 Å². The molecule has 0 saturated heterocycles. The van der Waals surface area contributed by atoms with Crippen LogP contribution in [0.1, 0.15) is 37.3 Å². The van der Waals surface area contributed by atoms with Gasteiger partial charge in [-0.1, -0.05) is 43.7 Å². The Kier molecular flexibility index (Phi) is 3.89. The Balaban J connectivity index is 2.88. The highest BCUT2D eigenvalue weighted by Crippen LogP contribution is 2.27. The van der Waals surface area contributed by atoms with Crippen molar-refractivity contribution in [1.29, 1.82) is 0 Å². The molecule has 0 unspecified atom stereocenters. The number of hydrogen-bond acceptors (Lipinski definition) is 1. The third kappa shape index (κ3) is 3.39. The van der Waals surface area contributed by atoms with E-state index in [2.05, 4.69) is 13.8 Å². The van der Waals surface area contributed by atoms with E-state index < -0.39 is 5.97 Å². The minimum atomic E-state index is -0.728. The Morgan fingerprint density at radius 2 is 1.80 bits per heavy atom. The number of aliphatic carboxylic acids is 1. The number of aryl methyl sites for hydroxylation is 1. The van der Waals surface area contributed by atoms with Crippen LogP contribution in [0.15, 0.2) is 24.3 Å². The average Bonchev–Trinajstić information content (AvgIpc) is 2.15. The van der Waals surface area contributed by atoms with E-state index in [1.165, 1.54) is 5.56 Å². The smallest absolute Gasteiger partial charge is 0.303 e. The molecule has 1 N–H and O–H groups in total. The van der Waals surface area contributed by atoms with E-state index in [0.29, 0.717) is 5.92 Å². The summed E-state index contributed by atoms with van der Waals surface area (Å²) in [6.45, 7) is 6.16. The maximum Gasteiger partial charge on any atom is 0.303 e. The van der Waals surface area contributed by atoms with Crippen molar-refractivity contribution in [1.82, 2.24) is 0 Å². The first kappa shape index (κ1) is 11.8. The quantitative estimate of drug-likeness (QED) is 0.821. The summed E-state index contributed by atoms with van der Waals surface area (Å²) in [5.74, 6) is -0.263. The van der Waals surface area contributed by atoms with E-state index in [-0.39, 0.29) is 12.3 Å². The molecule has 1 aromatic rings. The zero-order valence-electron chi connectivity index (χ0n) is 9.53. The van der Waals surface area contributed by atoms with Gasteiger partial charge in [0.15, 0.2) is 0 Å². The number of hydrogen-bond donors (Lipinski definition) is 1. The molecule has 2 nitrogen and oxygen atoms in total. The molecule has 0 aliphatic heterocycles. The summed E-state index contributed by atoms with van der Waals surface area (Å²) in [4.78, 5) is 10.8. The molecular formula is C13H18O2. The summed E-state index contributed by atoms with van der Waals surface area (Å²) in [7, 11) is 0. The molecule has 15 heavy (non-hydrogen) atoms. The Morgan fingerprint density at radius 3 is 2.20 bits per heavy atom. The predicted molar refractivity (Wildman–Crippen MR) is 61.0 cm³/mol. The average molecular weight is 206 g/mol. The molecule has 0 bridgehead atoms. The van der Waals surface area contributed by atoms with Crippen LogP contribution in [-0.2, 0) is 4.79 Å². The molecule has 0 heterocycles. The second-order valence-electron chi connectivity index (χ2n) is 4.36. The molecule has 0 radical (unpaired) electrons. The van der Waals surface area contributed by atoms with Crippen molar-refractivity contribution in [2.24, 2.45) is 5.92 Å². The van der Waals surface area contributed by atoms with E-state index in [0.717, 1.165) is 5.56 Å². The third-order valence-electron chi connectivity index (χ3n) is 2.70. The van der Waals surface area contributed by atoms with Crippen LogP contribution >= 0.6 is 0 Å². The Morgan fingerprint density at radius 1 is 1.27 bits per heavy atom. The summed E-state index contributed by atoms with van der Waals surface area (Å²) in [6.07, 6.45) is 0.209. The molecule has 0 aliphatic carbocycles. The first-order valence-electron chi connectivity index (χ1n) is 5.29. The molecule has 82 valence electrons. The van der Waals surface area contributed by atoms with Crippen LogP contribution in [0, 0.1) is 12.8 Å². The fourth-order valence-electron chi connectivity index (χ4n) is 1.74. The van der Waals surface area contributed by atoms with Crippen molar-refractivity contribution < 1.29 is 9.90 Å². The van der Waals surface area contributed by atoms with Gasteiger partial charge < -0.3 is 5.11 Å². The first-order chi connectivity index (χ1) is 7.00. The van der Waals surface area contributed by atoms with Crippen LogP contribution in [0.2, 0.25) is 0 Å². The summed E-state index contributed by atoms with van der Waals surface area (Å²) in [5.41, 5.74) is 2.33. The minimum absolute atomic E-state index is 0.114. The summed E-state index contributed by atoms with van der Waals surface area (Å²) < 4.78 is 0. The molecule has 1 aromatic carbocycles. The normalized spacial score (nSPS) is 12.8. The molecule has 0 amide bonds. The van der Waals surface area contributed by atoms with Gasteiger partial charge in [0.2, 0.25) is 0 Å². The van der Waals surface area contributed by atoms with E-state index in [1.807, 2.05) is 31.2 Å². The molecule has 1 atom stereocenters. The van der Waals surface area contributed by atoms with Crippen molar-refractivity contribution in [2.75, 3.05) is 0 Å². The summed E-state index contributed by atoms with van der Waals surface area (Å²) in [5, 5.41) is 8.85. The number of carbonyl (C=O) groups is 1. The number of rotatable bonds is 4. The van der Waals surface area contributed by atoms with Gasteiger partial charge in [-0.25, -0.2) is 0 Å². The van der Waals surface area contributed by atoms with Crippen molar-refractivity contribution >= 4 is 5.97 Å². The van der Waals surface area contributed by atoms with Gasteiger partial charge in [-0.3, -0.25) is 4.79 Å². The monoisotopic (exact) mass is 206 g/mol. The topological polar surface area (TPSA) is 37.3 Å². The highest BCUT2D eigenvalue weighted by molar-refractivity contribution is 5.68. The first-order valence-corrected chi connectivity index (χ1v) is 5.29.